The summed E-state index contributed by atoms with van der Waals surface area (Å²) in [6, 6.07) is 2.29. The zero-order chi connectivity index (χ0) is 17.8. The number of hydrogen-bond acceptors (Lipinski definition) is 4. The summed E-state index contributed by atoms with van der Waals surface area (Å²) >= 11 is 0. The van der Waals surface area contributed by atoms with Crippen LogP contribution in [-0.2, 0) is 20.8 Å². The van der Waals surface area contributed by atoms with E-state index in [1.165, 1.54) is 6.42 Å². The molecule has 1 aromatic heterocycles. The van der Waals surface area contributed by atoms with Crippen molar-refractivity contribution in [2.45, 2.75) is 77.7 Å². The summed E-state index contributed by atoms with van der Waals surface area (Å²) in [5.41, 5.74) is 2.18. The van der Waals surface area contributed by atoms with Crippen molar-refractivity contribution >= 4 is 5.91 Å². The molecule has 6 heteroatoms. The van der Waals surface area contributed by atoms with Crippen LogP contribution >= 0.6 is 0 Å². The van der Waals surface area contributed by atoms with Gasteiger partial charge in [-0.1, -0.05) is 0 Å². The number of carbonyl (C=O) groups is 1. The number of rotatable bonds is 6. The number of aromatic nitrogens is 2. The zero-order valence-corrected chi connectivity index (χ0v) is 15.7. The van der Waals surface area contributed by atoms with Gasteiger partial charge in [0.2, 0.25) is 0 Å². The molecule has 0 N–H and O–H groups in total. The standard InChI is InChI=1S/C19H31N3O3/c1-14-11-15(2)22(20-14)12-17-7-4-5-9-21(17)19(23)16(3)25-13-18-8-6-10-24-18/h11,16-18H,4-10,12-13H2,1-3H3/t16-,17-,18-/m0/s1. The van der Waals surface area contributed by atoms with E-state index >= 15 is 0 Å². The molecule has 2 saturated heterocycles. The maximum absolute atomic E-state index is 12.9. The normalized spacial score (nSPS) is 25.3. The number of ether oxygens (including phenoxy) is 2. The maximum atomic E-state index is 12.9. The zero-order valence-electron chi connectivity index (χ0n) is 15.7. The third-order valence-electron chi connectivity index (χ3n) is 5.30. The average Bonchev–Trinajstić information content (AvgIpc) is 3.22. The van der Waals surface area contributed by atoms with Crippen molar-refractivity contribution in [1.29, 1.82) is 0 Å². The highest BCUT2D eigenvalue weighted by molar-refractivity contribution is 5.81. The molecule has 3 heterocycles. The third kappa shape index (κ3) is 4.61. The molecule has 2 aliphatic rings. The van der Waals surface area contributed by atoms with Gasteiger partial charge in [0.25, 0.3) is 5.91 Å². The fourth-order valence-corrected chi connectivity index (χ4v) is 3.87. The molecule has 0 aliphatic carbocycles. The number of aryl methyl sites for hydroxylation is 2. The summed E-state index contributed by atoms with van der Waals surface area (Å²) in [5.74, 6) is 0.101. The van der Waals surface area contributed by atoms with Crippen LogP contribution < -0.4 is 0 Å². The fourth-order valence-electron chi connectivity index (χ4n) is 3.87. The van der Waals surface area contributed by atoms with Crippen molar-refractivity contribution in [3.05, 3.63) is 17.5 Å². The van der Waals surface area contributed by atoms with Crippen LogP contribution in [0.3, 0.4) is 0 Å². The number of amides is 1. The second-order valence-electron chi connectivity index (χ2n) is 7.40. The molecule has 0 unspecified atom stereocenters. The average molecular weight is 349 g/mol. The van der Waals surface area contributed by atoms with Crippen molar-refractivity contribution < 1.29 is 14.3 Å². The maximum Gasteiger partial charge on any atom is 0.251 e. The molecular weight excluding hydrogens is 318 g/mol. The fraction of sp³-hybridized carbons (Fsp3) is 0.789. The molecule has 140 valence electrons. The number of nitrogens with zero attached hydrogens (tertiary/aromatic N) is 3. The Morgan fingerprint density at radius 1 is 1.36 bits per heavy atom. The quantitative estimate of drug-likeness (QED) is 0.792. The molecular formula is C19H31N3O3. The van der Waals surface area contributed by atoms with Crippen molar-refractivity contribution in [2.75, 3.05) is 19.8 Å². The Hall–Kier alpha value is -1.40. The van der Waals surface area contributed by atoms with Gasteiger partial charge in [-0.2, -0.15) is 5.10 Å². The highest BCUT2D eigenvalue weighted by atomic mass is 16.5. The van der Waals surface area contributed by atoms with Gasteiger partial charge in [-0.3, -0.25) is 9.48 Å². The third-order valence-corrected chi connectivity index (χ3v) is 5.30. The van der Waals surface area contributed by atoms with Crippen molar-refractivity contribution in [1.82, 2.24) is 14.7 Å². The van der Waals surface area contributed by atoms with Gasteiger partial charge >= 0.3 is 0 Å². The lowest BCUT2D eigenvalue weighted by atomic mass is 10.0. The van der Waals surface area contributed by atoms with E-state index in [1.54, 1.807) is 0 Å². The van der Waals surface area contributed by atoms with Crippen LogP contribution in [0.15, 0.2) is 6.07 Å². The summed E-state index contributed by atoms with van der Waals surface area (Å²) < 4.78 is 13.4. The Balaban J connectivity index is 1.58. The molecule has 0 aromatic carbocycles. The van der Waals surface area contributed by atoms with Gasteiger partial charge < -0.3 is 14.4 Å². The van der Waals surface area contributed by atoms with Crippen molar-refractivity contribution in [3.8, 4) is 0 Å². The SMILES string of the molecule is Cc1cc(C)n(C[C@@H]2CCCCN2C(=O)[C@H](C)OC[C@@H]2CCCO2)n1. The minimum Gasteiger partial charge on any atom is -0.376 e. The number of hydrogen-bond donors (Lipinski definition) is 0. The second-order valence-corrected chi connectivity index (χ2v) is 7.40. The molecule has 1 aromatic rings. The Kier molecular flexibility index (Phi) is 6.12. The predicted octanol–water partition coefficient (Wildman–Crippen LogP) is 2.47. The Morgan fingerprint density at radius 2 is 2.20 bits per heavy atom. The summed E-state index contributed by atoms with van der Waals surface area (Å²) in [6.45, 7) is 8.86. The van der Waals surface area contributed by atoms with E-state index in [9.17, 15) is 4.79 Å². The van der Waals surface area contributed by atoms with Gasteiger partial charge in [-0.05, 0) is 58.9 Å². The van der Waals surface area contributed by atoms with Crippen molar-refractivity contribution in [3.63, 3.8) is 0 Å². The van der Waals surface area contributed by atoms with E-state index in [1.807, 2.05) is 23.4 Å². The number of carbonyl (C=O) groups excluding carboxylic acids is 1. The molecule has 3 atom stereocenters. The topological polar surface area (TPSA) is 56.6 Å². The summed E-state index contributed by atoms with van der Waals surface area (Å²) in [6.07, 6.45) is 5.13. The van der Waals surface area contributed by atoms with Crippen LogP contribution in [0.25, 0.3) is 0 Å². The number of piperidine rings is 1. The van der Waals surface area contributed by atoms with Crippen LogP contribution in [0, 0.1) is 13.8 Å². The highest BCUT2D eigenvalue weighted by Crippen LogP contribution is 2.21. The van der Waals surface area contributed by atoms with Gasteiger partial charge in [-0.25, -0.2) is 0 Å². The molecule has 0 radical (unpaired) electrons. The lowest BCUT2D eigenvalue weighted by Gasteiger charge is -2.37. The highest BCUT2D eigenvalue weighted by Gasteiger charge is 2.31. The lowest BCUT2D eigenvalue weighted by molar-refractivity contribution is -0.148. The first kappa shape index (κ1) is 18.4. The van der Waals surface area contributed by atoms with Gasteiger partial charge in [-0.15, -0.1) is 0 Å². The van der Waals surface area contributed by atoms with Gasteiger partial charge in [0, 0.05) is 18.8 Å². The lowest BCUT2D eigenvalue weighted by Crippen LogP contribution is -2.50. The van der Waals surface area contributed by atoms with Gasteiger partial charge in [0.1, 0.15) is 6.10 Å². The Bertz CT molecular complexity index is 580. The first-order valence-electron chi connectivity index (χ1n) is 9.59. The minimum absolute atomic E-state index is 0.101. The molecule has 0 bridgehead atoms. The molecule has 3 rings (SSSR count). The van der Waals surface area contributed by atoms with Crippen LogP contribution in [0.2, 0.25) is 0 Å². The van der Waals surface area contributed by atoms with Gasteiger partial charge in [0.05, 0.1) is 31.0 Å². The first-order chi connectivity index (χ1) is 12.0. The molecule has 25 heavy (non-hydrogen) atoms. The van der Waals surface area contributed by atoms with Crippen LogP contribution in [0.1, 0.15) is 50.4 Å². The van der Waals surface area contributed by atoms with E-state index in [0.717, 1.165) is 56.8 Å². The van der Waals surface area contributed by atoms with E-state index in [0.29, 0.717) is 6.61 Å². The van der Waals surface area contributed by atoms with E-state index < -0.39 is 6.10 Å². The van der Waals surface area contributed by atoms with Crippen molar-refractivity contribution in [2.24, 2.45) is 0 Å². The molecule has 0 spiro atoms. The smallest absolute Gasteiger partial charge is 0.251 e. The van der Waals surface area contributed by atoms with Crippen LogP contribution in [-0.4, -0.2) is 58.6 Å². The molecule has 2 aliphatic heterocycles. The predicted molar refractivity (Wildman–Crippen MR) is 95.4 cm³/mol. The van der Waals surface area contributed by atoms with E-state index in [-0.39, 0.29) is 18.1 Å². The van der Waals surface area contributed by atoms with Crippen LogP contribution in [0.5, 0.6) is 0 Å². The Labute approximate surface area is 150 Å². The van der Waals surface area contributed by atoms with Gasteiger partial charge in [0.15, 0.2) is 0 Å². The van der Waals surface area contributed by atoms with Crippen LogP contribution in [0.4, 0.5) is 0 Å². The van der Waals surface area contributed by atoms with E-state index in [2.05, 4.69) is 18.1 Å². The van der Waals surface area contributed by atoms with E-state index in [4.69, 9.17) is 9.47 Å². The number of likely N-dealkylation sites (tertiary alicyclic amines) is 1. The second kappa shape index (κ2) is 8.32. The molecule has 1 amide bonds. The summed E-state index contributed by atoms with van der Waals surface area (Å²) in [4.78, 5) is 14.9. The largest absolute Gasteiger partial charge is 0.376 e. The summed E-state index contributed by atoms with van der Waals surface area (Å²) in [5, 5.41) is 4.56. The molecule has 2 fully saturated rings. The monoisotopic (exact) mass is 349 g/mol. The first-order valence-corrected chi connectivity index (χ1v) is 9.59. The Morgan fingerprint density at radius 3 is 2.88 bits per heavy atom. The minimum atomic E-state index is -0.412. The molecule has 6 nitrogen and oxygen atoms in total. The summed E-state index contributed by atoms with van der Waals surface area (Å²) in [7, 11) is 0. The molecule has 0 saturated carbocycles.